The van der Waals surface area contributed by atoms with Crippen LogP contribution in [0.3, 0.4) is 0 Å². The van der Waals surface area contributed by atoms with Gasteiger partial charge in [-0.1, -0.05) is 29.8 Å². The Labute approximate surface area is 160 Å². The molecular weight excluding hydrogens is 338 g/mol. The Kier molecular flexibility index (Phi) is 4.23. The fourth-order valence-corrected chi connectivity index (χ4v) is 5.52. The Morgan fingerprint density at radius 3 is 2.48 bits per heavy atom. The zero-order valence-corrected chi connectivity index (χ0v) is 15.9. The van der Waals surface area contributed by atoms with Crippen LogP contribution in [0.1, 0.15) is 36.3 Å². The maximum absolute atomic E-state index is 13.2. The molecule has 1 aromatic heterocycles. The summed E-state index contributed by atoms with van der Waals surface area (Å²) >= 11 is 0. The Hall–Kier alpha value is -2.21. The van der Waals surface area contributed by atoms with Crippen LogP contribution in [0.4, 0.5) is 0 Å². The summed E-state index contributed by atoms with van der Waals surface area (Å²) < 4.78 is 1.89. The molecule has 6 rings (SSSR count). The van der Waals surface area contributed by atoms with Gasteiger partial charge in [-0.3, -0.25) is 9.69 Å². The van der Waals surface area contributed by atoms with Gasteiger partial charge in [0, 0.05) is 31.5 Å². The molecule has 3 atom stereocenters. The summed E-state index contributed by atoms with van der Waals surface area (Å²) in [6, 6.07) is 9.82. The highest BCUT2D eigenvalue weighted by Crippen LogP contribution is 2.46. The van der Waals surface area contributed by atoms with Crippen molar-refractivity contribution in [2.45, 2.75) is 50.7 Å². The first-order valence-electron chi connectivity index (χ1n) is 10.1. The average molecular weight is 365 g/mol. The lowest BCUT2D eigenvalue weighted by molar-refractivity contribution is -0.136. The molecule has 6 nitrogen and oxygen atoms in total. The molecule has 4 fully saturated rings. The number of fused-ring (bicyclic) bond motifs is 2. The third kappa shape index (κ3) is 2.96. The van der Waals surface area contributed by atoms with Crippen LogP contribution in [0.5, 0.6) is 0 Å². The summed E-state index contributed by atoms with van der Waals surface area (Å²) in [5.74, 6) is 1.37. The predicted octanol–water partition coefficient (Wildman–Crippen LogP) is 2.07. The van der Waals surface area contributed by atoms with Gasteiger partial charge in [-0.05, 0) is 44.3 Å². The van der Waals surface area contributed by atoms with Gasteiger partial charge in [-0.2, -0.15) is 0 Å². The normalized spacial score (nSPS) is 31.9. The first-order chi connectivity index (χ1) is 13.2. The first-order valence-corrected chi connectivity index (χ1v) is 10.1. The summed E-state index contributed by atoms with van der Waals surface area (Å²) in [6.07, 6.45) is 6.36. The van der Waals surface area contributed by atoms with Crippen LogP contribution in [-0.2, 0) is 11.3 Å². The molecule has 142 valence electrons. The number of aryl methyl sites for hydroxylation is 2. The van der Waals surface area contributed by atoms with Crippen LogP contribution in [0.25, 0.3) is 0 Å². The molecule has 4 saturated heterocycles. The molecule has 0 radical (unpaired) electrons. The smallest absolute Gasteiger partial charge is 0.224 e. The summed E-state index contributed by atoms with van der Waals surface area (Å²) in [6.45, 7) is 6.03. The molecule has 0 saturated carbocycles. The third-order valence-corrected chi connectivity index (χ3v) is 6.87. The number of hydrogen-bond acceptors (Lipinski definition) is 4. The lowest BCUT2D eigenvalue weighted by Crippen LogP contribution is -2.60. The van der Waals surface area contributed by atoms with Crippen molar-refractivity contribution in [2.75, 3.05) is 19.6 Å². The topological polar surface area (TPSA) is 54.3 Å². The van der Waals surface area contributed by atoms with Crippen molar-refractivity contribution in [1.82, 2.24) is 24.6 Å². The molecule has 0 spiro atoms. The zero-order chi connectivity index (χ0) is 18.4. The van der Waals surface area contributed by atoms with E-state index in [1.165, 1.54) is 37.1 Å². The molecule has 5 heterocycles. The number of carbonyl (C=O) groups is 1. The van der Waals surface area contributed by atoms with Crippen LogP contribution >= 0.6 is 0 Å². The summed E-state index contributed by atoms with van der Waals surface area (Å²) in [4.78, 5) is 18.0. The summed E-state index contributed by atoms with van der Waals surface area (Å²) in [5.41, 5.74) is 2.68. The number of rotatable bonds is 4. The highest BCUT2D eigenvalue weighted by molar-refractivity contribution is 5.77. The van der Waals surface area contributed by atoms with Crippen LogP contribution in [-0.4, -0.2) is 62.2 Å². The van der Waals surface area contributed by atoms with Gasteiger partial charge in [0.25, 0.3) is 0 Å². The summed E-state index contributed by atoms with van der Waals surface area (Å²) in [5, 5.41) is 7.67. The van der Waals surface area contributed by atoms with E-state index in [2.05, 4.69) is 51.2 Å². The second-order valence-corrected chi connectivity index (χ2v) is 8.37. The highest BCUT2D eigenvalue weighted by atomic mass is 16.2. The van der Waals surface area contributed by atoms with Crippen molar-refractivity contribution in [2.24, 2.45) is 5.92 Å². The van der Waals surface area contributed by atoms with E-state index >= 15 is 0 Å². The first kappa shape index (κ1) is 16.9. The standard InChI is InChI=1S/C21H27N5O/c1-15-2-4-16(5-3-15)18-12-26(19(27)8-9-24-13-22-23-14-24)20-17-6-10-25(11-7-17)21(18)20/h2-5,13-14,17-18,20-21H,6-12H2,1H3/t18-,20-,21-/m0/s1. The number of piperidine rings is 3. The van der Waals surface area contributed by atoms with Gasteiger partial charge in [-0.15, -0.1) is 10.2 Å². The minimum atomic E-state index is 0.280. The van der Waals surface area contributed by atoms with Crippen LogP contribution in [0.15, 0.2) is 36.9 Å². The Morgan fingerprint density at radius 1 is 1.07 bits per heavy atom. The van der Waals surface area contributed by atoms with Gasteiger partial charge >= 0.3 is 0 Å². The fraction of sp³-hybridized carbons (Fsp3) is 0.571. The van der Waals surface area contributed by atoms with Crippen molar-refractivity contribution in [3.05, 3.63) is 48.0 Å². The number of hydrogen-bond donors (Lipinski definition) is 0. The molecular formula is C21H27N5O. The quantitative estimate of drug-likeness (QED) is 0.832. The van der Waals surface area contributed by atoms with Crippen LogP contribution in [0.2, 0.25) is 0 Å². The van der Waals surface area contributed by atoms with E-state index in [4.69, 9.17) is 0 Å². The minimum Gasteiger partial charge on any atom is -0.337 e. The molecule has 2 aromatic rings. The zero-order valence-electron chi connectivity index (χ0n) is 15.9. The third-order valence-electron chi connectivity index (χ3n) is 6.87. The largest absolute Gasteiger partial charge is 0.337 e. The van der Waals surface area contributed by atoms with Gasteiger partial charge in [0.2, 0.25) is 5.91 Å². The van der Waals surface area contributed by atoms with E-state index < -0.39 is 0 Å². The predicted molar refractivity (Wildman–Crippen MR) is 102 cm³/mol. The monoisotopic (exact) mass is 365 g/mol. The Bertz CT molecular complexity index is 794. The molecule has 1 aromatic carbocycles. The second kappa shape index (κ2) is 6.75. The van der Waals surface area contributed by atoms with Crippen molar-refractivity contribution in [1.29, 1.82) is 0 Å². The van der Waals surface area contributed by atoms with Gasteiger partial charge < -0.3 is 9.47 Å². The van der Waals surface area contributed by atoms with Crippen molar-refractivity contribution < 1.29 is 4.79 Å². The maximum atomic E-state index is 13.2. The van der Waals surface area contributed by atoms with Crippen LogP contribution in [0, 0.1) is 12.8 Å². The second-order valence-electron chi connectivity index (χ2n) is 8.37. The Morgan fingerprint density at radius 2 is 1.78 bits per heavy atom. The average Bonchev–Trinajstić information content (AvgIpc) is 3.37. The van der Waals surface area contributed by atoms with Gasteiger partial charge in [-0.25, -0.2) is 0 Å². The maximum Gasteiger partial charge on any atom is 0.224 e. The molecule has 27 heavy (non-hydrogen) atoms. The van der Waals surface area contributed by atoms with Crippen LogP contribution < -0.4 is 0 Å². The van der Waals surface area contributed by atoms with E-state index in [9.17, 15) is 4.79 Å². The van der Waals surface area contributed by atoms with E-state index in [0.717, 1.165) is 6.54 Å². The molecule has 1 amide bonds. The minimum absolute atomic E-state index is 0.280. The molecule has 0 N–H and O–H groups in total. The molecule has 0 aliphatic carbocycles. The number of aromatic nitrogens is 3. The number of benzene rings is 1. The molecule has 6 heteroatoms. The van der Waals surface area contributed by atoms with E-state index in [1.54, 1.807) is 12.7 Å². The number of likely N-dealkylation sites (tertiary alicyclic amines) is 1. The molecule has 4 aliphatic heterocycles. The lowest BCUT2D eigenvalue weighted by atomic mass is 9.75. The van der Waals surface area contributed by atoms with Crippen molar-refractivity contribution in [3.63, 3.8) is 0 Å². The van der Waals surface area contributed by atoms with E-state index in [1.807, 2.05) is 4.57 Å². The number of amides is 1. The molecule has 4 aliphatic rings. The number of nitrogens with zero attached hydrogens (tertiary/aromatic N) is 5. The van der Waals surface area contributed by atoms with Gasteiger partial charge in [0.15, 0.2) is 0 Å². The SMILES string of the molecule is Cc1ccc([C@@H]2CN(C(=O)CCn3cnnc3)[C@H]3C4CCN(CC4)[C@@H]23)cc1. The van der Waals surface area contributed by atoms with E-state index in [0.29, 0.717) is 36.9 Å². The Balaban J connectivity index is 1.40. The van der Waals surface area contributed by atoms with E-state index in [-0.39, 0.29) is 5.91 Å². The van der Waals surface area contributed by atoms with Crippen molar-refractivity contribution >= 4 is 5.91 Å². The lowest BCUT2D eigenvalue weighted by Gasteiger charge is -2.51. The molecule has 0 unspecified atom stereocenters. The fourth-order valence-electron chi connectivity index (χ4n) is 5.52. The van der Waals surface area contributed by atoms with Crippen molar-refractivity contribution in [3.8, 4) is 0 Å². The van der Waals surface area contributed by atoms with Gasteiger partial charge in [0.1, 0.15) is 12.7 Å². The summed E-state index contributed by atoms with van der Waals surface area (Å²) in [7, 11) is 0. The van der Waals surface area contributed by atoms with Gasteiger partial charge in [0.05, 0.1) is 6.04 Å². The highest BCUT2D eigenvalue weighted by Gasteiger charge is 2.54. The number of carbonyl (C=O) groups excluding carboxylic acids is 1. The molecule has 2 bridgehead atoms.